The second-order valence-corrected chi connectivity index (χ2v) is 11.6. The maximum atomic E-state index is 14.5. The zero-order valence-corrected chi connectivity index (χ0v) is 21.9. The Morgan fingerprint density at radius 2 is 1.74 bits per heavy atom. The molecule has 38 heavy (non-hydrogen) atoms. The lowest BCUT2D eigenvalue weighted by Gasteiger charge is -2.38. The molecule has 3 heterocycles. The number of rotatable bonds is 3. The van der Waals surface area contributed by atoms with Gasteiger partial charge in [0, 0.05) is 27.4 Å². The van der Waals surface area contributed by atoms with Crippen molar-refractivity contribution >= 4 is 46.5 Å². The number of carbonyl (C=O) groups excluding carboxylic acids is 3. The summed E-state index contributed by atoms with van der Waals surface area (Å²) < 4.78 is 13.8. The predicted octanol–water partition coefficient (Wildman–Crippen LogP) is 6.07. The van der Waals surface area contributed by atoms with Gasteiger partial charge in [0.05, 0.1) is 12.0 Å². The van der Waals surface area contributed by atoms with Gasteiger partial charge in [-0.15, -0.1) is 0 Å². The Balaban J connectivity index is 1.68. The highest BCUT2D eigenvalue weighted by Gasteiger charge is 2.70. The molecule has 0 bridgehead atoms. The van der Waals surface area contributed by atoms with Crippen LogP contribution in [0.25, 0.3) is 6.08 Å². The summed E-state index contributed by atoms with van der Waals surface area (Å²) in [5.41, 5.74) is 0.874. The lowest BCUT2D eigenvalue weighted by molar-refractivity contribution is -0.128. The van der Waals surface area contributed by atoms with E-state index in [9.17, 15) is 18.8 Å². The standard InChI is InChI=1S/C31H26ClFN2O3/c1-30(2,3)28(37)26-25(27(36)17-8-12-20(33)13-9-17)31(21-6-4-5-7-22(21)34-29(31)38)24-15-10-18-16-19(32)11-14-23(18)35(24)26/h4-16,24-26H,1-3H3,(H,34,38). The van der Waals surface area contributed by atoms with E-state index in [-0.39, 0.29) is 23.0 Å². The Morgan fingerprint density at radius 3 is 2.45 bits per heavy atom. The third-order valence-electron chi connectivity index (χ3n) is 8.01. The van der Waals surface area contributed by atoms with Gasteiger partial charge in [-0.3, -0.25) is 14.4 Å². The molecule has 1 amide bonds. The van der Waals surface area contributed by atoms with Crippen LogP contribution >= 0.6 is 11.6 Å². The molecule has 1 fully saturated rings. The van der Waals surface area contributed by atoms with Gasteiger partial charge in [-0.2, -0.15) is 0 Å². The molecule has 3 aliphatic heterocycles. The molecule has 0 aliphatic carbocycles. The van der Waals surface area contributed by atoms with Crippen LogP contribution in [-0.4, -0.2) is 29.6 Å². The Labute approximate surface area is 225 Å². The number of anilines is 2. The van der Waals surface area contributed by atoms with Crippen molar-refractivity contribution in [1.82, 2.24) is 0 Å². The lowest BCUT2D eigenvalue weighted by Crippen LogP contribution is -2.51. The van der Waals surface area contributed by atoms with Crippen molar-refractivity contribution in [2.45, 2.75) is 38.3 Å². The summed E-state index contributed by atoms with van der Waals surface area (Å²) >= 11 is 6.31. The smallest absolute Gasteiger partial charge is 0.238 e. The molecular formula is C31H26ClFN2O3. The Bertz CT molecular complexity index is 1540. The summed E-state index contributed by atoms with van der Waals surface area (Å²) in [5, 5.41) is 3.54. The number of para-hydroxylation sites is 1. The molecule has 4 atom stereocenters. The number of hydrogen-bond donors (Lipinski definition) is 1. The van der Waals surface area contributed by atoms with Crippen LogP contribution in [-0.2, 0) is 15.0 Å². The fourth-order valence-corrected chi connectivity index (χ4v) is 6.57. The normalized spacial score (nSPS) is 25.1. The number of carbonyl (C=O) groups is 3. The minimum atomic E-state index is -1.39. The molecule has 4 unspecified atom stereocenters. The first-order valence-corrected chi connectivity index (χ1v) is 12.9. The molecule has 0 aromatic heterocycles. The summed E-state index contributed by atoms with van der Waals surface area (Å²) in [6, 6.07) is 16.4. The third-order valence-corrected chi connectivity index (χ3v) is 8.25. The van der Waals surface area contributed by atoms with E-state index < -0.39 is 34.6 Å². The van der Waals surface area contributed by atoms with Crippen molar-refractivity contribution in [3.8, 4) is 0 Å². The van der Waals surface area contributed by atoms with Crippen LogP contribution in [0, 0.1) is 17.2 Å². The number of benzene rings is 3. The van der Waals surface area contributed by atoms with Crippen molar-refractivity contribution < 1.29 is 18.8 Å². The average Bonchev–Trinajstić information content (AvgIpc) is 3.35. The Morgan fingerprint density at radius 1 is 1.03 bits per heavy atom. The van der Waals surface area contributed by atoms with Gasteiger partial charge < -0.3 is 10.2 Å². The first-order valence-electron chi connectivity index (χ1n) is 12.6. The van der Waals surface area contributed by atoms with E-state index >= 15 is 0 Å². The van der Waals surface area contributed by atoms with Crippen LogP contribution in [0.15, 0.2) is 72.8 Å². The largest absolute Gasteiger partial charge is 0.352 e. The van der Waals surface area contributed by atoms with Gasteiger partial charge in [-0.05, 0) is 59.7 Å². The molecule has 3 aliphatic rings. The number of ketones is 2. The number of nitrogens with one attached hydrogen (secondary N) is 1. The van der Waals surface area contributed by atoms with E-state index in [0.29, 0.717) is 16.3 Å². The molecule has 7 heteroatoms. The molecule has 6 rings (SSSR count). The second-order valence-electron chi connectivity index (χ2n) is 11.2. The van der Waals surface area contributed by atoms with E-state index in [2.05, 4.69) is 5.32 Å². The van der Waals surface area contributed by atoms with Gasteiger partial charge in [0.25, 0.3) is 0 Å². The Kier molecular flexibility index (Phi) is 5.41. The predicted molar refractivity (Wildman–Crippen MR) is 146 cm³/mol. The van der Waals surface area contributed by atoms with E-state index in [1.165, 1.54) is 24.3 Å². The van der Waals surface area contributed by atoms with E-state index in [4.69, 9.17) is 11.6 Å². The number of amides is 1. The minimum Gasteiger partial charge on any atom is -0.352 e. The molecule has 1 saturated heterocycles. The third kappa shape index (κ3) is 3.33. The monoisotopic (exact) mass is 528 g/mol. The highest BCUT2D eigenvalue weighted by atomic mass is 35.5. The van der Waals surface area contributed by atoms with Gasteiger partial charge in [-0.25, -0.2) is 4.39 Å². The van der Waals surface area contributed by atoms with Gasteiger partial charge in [0.15, 0.2) is 11.6 Å². The van der Waals surface area contributed by atoms with Crippen LogP contribution in [0.3, 0.4) is 0 Å². The maximum Gasteiger partial charge on any atom is 0.238 e. The molecule has 0 radical (unpaired) electrons. The molecule has 5 nitrogen and oxygen atoms in total. The fourth-order valence-electron chi connectivity index (χ4n) is 6.39. The molecule has 3 aromatic carbocycles. The van der Waals surface area contributed by atoms with Crippen molar-refractivity contribution in [3.05, 3.63) is 100 Å². The molecule has 1 N–H and O–H groups in total. The summed E-state index contributed by atoms with van der Waals surface area (Å²) in [4.78, 5) is 44.9. The average molecular weight is 529 g/mol. The maximum absolute atomic E-state index is 14.5. The van der Waals surface area contributed by atoms with Gasteiger partial charge in [0.2, 0.25) is 5.91 Å². The number of Topliss-reactive ketones (excluding diaryl/α,β-unsaturated/α-hetero) is 2. The number of hydrogen-bond acceptors (Lipinski definition) is 4. The topological polar surface area (TPSA) is 66.5 Å². The summed E-state index contributed by atoms with van der Waals surface area (Å²) in [6.07, 6.45) is 3.81. The SMILES string of the molecule is CC(C)(C)C(=O)C1C(C(=O)c2ccc(F)cc2)C2(C(=O)Nc3ccccc32)C2C=Cc3cc(Cl)ccc3N12. The van der Waals surface area contributed by atoms with Crippen molar-refractivity contribution in [2.24, 2.45) is 11.3 Å². The van der Waals surface area contributed by atoms with Crippen LogP contribution < -0.4 is 10.2 Å². The first kappa shape index (κ1) is 24.6. The van der Waals surface area contributed by atoms with Gasteiger partial charge in [-0.1, -0.05) is 62.7 Å². The molecular weight excluding hydrogens is 503 g/mol. The number of halogens is 2. The highest BCUT2D eigenvalue weighted by molar-refractivity contribution is 6.31. The van der Waals surface area contributed by atoms with E-state index in [1.807, 2.05) is 74.2 Å². The van der Waals surface area contributed by atoms with Crippen molar-refractivity contribution in [3.63, 3.8) is 0 Å². The van der Waals surface area contributed by atoms with Gasteiger partial charge in [0.1, 0.15) is 17.3 Å². The second kappa shape index (κ2) is 8.37. The molecule has 1 spiro atoms. The van der Waals surface area contributed by atoms with Crippen LogP contribution in [0.1, 0.15) is 42.3 Å². The Hall–Kier alpha value is -3.77. The zero-order chi connectivity index (χ0) is 27.0. The van der Waals surface area contributed by atoms with Crippen molar-refractivity contribution in [1.29, 1.82) is 0 Å². The summed E-state index contributed by atoms with van der Waals surface area (Å²) in [6.45, 7) is 5.46. The minimum absolute atomic E-state index is 0.159. The summed E-state index contributed by atoms with van der Waals surface area (Å²) in [5.74, 6) is -2.41. The molecule has 0 saturated carbocycles. The highest BCUT2D eigenvalue weighted by Crippen LogP contribution is 2.58. The zero-order valence-electron chi connectivity index (χ0n) is 21.2. The van der Waals surface area contributed by atoms with Crippen LogP contribution in [0.2, 0.25) is 5.02 Å². The quantitative estimate of drug-likeness (QED) is 0.419. The van der Waals surface area contributed by atoms with E-state index in [1.54, 1.807) is 6.07 Å². The fraction of sp³-hybridized carbons (Fsp3) is 0.258. The molecule has 192 valence electrons. The van der Waals surface area contributed by atoms with Crippen molar-refractivity contribution in [2.75, 3.05) is 10.2 Å². The number of nitrogens with zero attached hydrogens (tertiary/aromatic N) is 1. The van der Waals surface area contributed by atoms with Crippen LogP contribution in [0.5, 0.6) is 0 Å². The lowest BCUT2D eigenvalue weighted by atomic mass is 9.63. The molecule has 3 aromatic rings. The van der Waals surface area contributed by atoms with Crippen LogP contribution in [0.4, 0.5) is 15.8 Å². The first-order chi connectivity index (χ1) is 18.0. The number of fused-ring (bicyclic) bond motifs is 6. The summed E-state index contributed by atoms with van der Waals surface area (Å²) in [7, 11) is 0. The van der Waals surface area contributed by atoms with E-state index in [0.717, 1.165) is 11.3 Å². The van der Waals surface area contributed by atoms with Gasteiger partial charge >= 0.3 is 0 Å².